The summed E-state index contributed by atoms with van der Waals surface area (Å²) in [7, 11) is 1.55. The van der Waals surface area contributed by atoms with E-state index < -0.39 is 0 Å². The van der Waals surface area contributed by atoms with Gasteiger partial charge in [-0.1, -0.05) is 29.3 Å². The summed E-state index contributed by atoms with van der Waals surface area (Å²) < 4.78 is 12.2. The molecule has 2 aromatic carbocycles. The number of carbonyl (C=O) groups excluding carboxylic acids is 1. The molecular formula is C21H16Cl2IN3O3. The molecule has 0 aliphatic carbocycles. The molecule has 1 heterocycles. The number of nitrogens with zero attached hydrogens (tertiary/aromatic N) is 2. The molecule has 0 bridgehead atoms. The minimum Gasteiger partial charge on any atom is -0.493 e. The van der Waals surface area contributed by atoms with Crippen molar-refractivity contribution in [3.8, 4) is 11.5 Å². The van der Waals surface area contributed by atoms with Crippen LogP contribution in [-0.4, -0.2) is 24.2 Å². The number of hydrazone groups is 1. The van der Waals surface area contributed by atoms with Crippen molar-refractivity contribution in [3.63, 3.8) is 0 Å². The third kappa shape index (κ3) is 5.62. The lowest BCUT2D eigenvalue weighted by molar-refractivity contribution is 0.0955. The van der Waals surface area contributed by atoms with Gasteiger partial charge in [-0.15, -0.1) is 0 Å². The van der Waals surface area contributed by atoms with E-state index in [9.17, 15) is 4.79 Å². The van der Waals surface area contributed by atoms with E-state index in [1.807, 2.05) is 6.07 Å². The maximum absolute atomic E-state index is 12.0. The molecule has 0 aliphatic rings. The highest BCUT2D eigenvalue weighted by molar-refractivity contribution is 14.1. The van der Waals surface area contributed by atoms with Crippen molar-refractivity contribution >= 4 is 57.9 Å². The molecule has 0 saturated carbocycles. The summed E-state index contributed by atoms with van der Waals surface area (Å²) >= 11 is 14.6. The van der Waals surface area contributed by atoms with Crippen LogP contribution in [0.1, 0.15) is 21.5 Å². The molecule has 6 nitrogen and oxygen atoms in total. The minimum atomic E-state index is -0.327. The van der Waals surface area contributed by atoms with E-state index in [0.29, 0.717) is 32.7 Å². The Hall–Kier alpha value is -2.36. The lowest BCUT2D eigenvalue weighted by Crippen LogP contribution is -2.17. The third-order valence-corrected chi connectivity index (χ3v) is 5.51. The maximum Gasteiger partial charge on any atom is 0.271 e. The van der Waals surface area contributed by atoms with Crippen molar-refractivity contribution in [2.24, 2.45) is 5.10 Å². The van der Waals surface area contributed by atoms with Crippen LogP contribution >= 0.6 is 45.8 Å². The standard InChI is InChI=1S/C21H16Cl2IN3O3/c1-29-19-10-13(11-26-27-21(28)14-5-7-25-8-6-14)9-18(24)20(19)30-12-15-16(22)3-2-4-17(15)23/h2-11H,12H2,1H3,(H,27,28). The van der Waals surface area contributed by atoms with Crippen molar-refractivity contribution in [3.05, 3.63) is 85.2 Å². The summed E-state index contributed by atoms with van der Waals surface area (Å²) in [5, 5.41) is 5.07. The van der Waals surface area contributed by atoms with Crippen molar-refractivity contribution < 1.29 is 14.3 Å². The highest BCUT2D eigenvalue weighted by Crippen LogP contribution is 2.35. The zero-order valence-corrected chi connectivity index (χ0v) is 19.4. The van der Waals surface area contributed by atoms with Gasteiger partial charge in [-0.2, -0.15) is 5.10 Å². The molecule has 30 heavy (non-hydrogen) atoms. The fraction of sp³-hybridized carbons (Fsp3) is 0.0952. The predicted molar refractivity (Wildman–Crippen MR) is 126 cm³/mol. The van der Waals surface area contributed by atoms with Gasteiger partial charge in [0.2, 0.25) is 0 Å². The summed E-state index contributed by atoms with van der Waals surface area (Å²) in [4.78, 5) is 15.9. The van der Waals surface area contributed by atoms with Gasteiger partial charge in [0.1, 0.15) is 6.61 Å². The molecule has 0 unspecified atom stereocenters. The van der Waals surface area contributed by atoms with Gasteiger partial charge < -0.3 is 9.47 Å². The van der Waals surface area contributed by atoms with Crippen LogP contribution in [0, 0.1) is 3.57 Å². The summed E-state index contributed by atoms with van der Waals surface area (Å²) in [6.45, 7) is 0.195. The number of halogens is 3. The Morgan fingerprint density at radius 2 is 1.90 bits per heavy atom. The van der Waals surface area contributed by atoms with Crippen LogP contribution in [0.15, 0.2) is 60.0 Å². The van der Waals surface area contributed by atoms with Crippen molar-refractivity contribution in [2.45, 2.75) is 6.61 Å². The van der Waals surface area contributed by atoms with Crippen LogP contribution < -0.4 is 14.9 Å². The highest BCUT2D eigenvalue weighted by Gasteiger charge is 2.14. The largest absolute Gasteiger partial charge is 0.493 e. The average Bonchev–Trinajstić information content (AvgIpc) is 2.74. The number of nitrogens with one attached hydrogen (secondary N) is 1. The Bertz CT molecular complexity index is 1060. The number of aromatic nitrogens is 1. The van der Waals surface area contributed by atoms with Crippen molar-refractivity contribution in [1.29, 1.82) is 0 Å². The molecule has 3 rings (SSSR count). The Morgan fingerprint density at radius 3 is 2.57 bits per heavy atom. The fourth-order valence-electron chi connectivity index (χ4n) is 2.50. The minimum absolute atomic E-state index is 0.195. The van der Waals surface area contributed by atoms with E-state index in [1.165, 1.54) is 6.21 Å². The number of amides is 1. The molecule has 154 valence electrons. The molecule has 0 saturated heterocycles. The number of methoxy groups -OCH3 is 1. The van der Waals surface area contributed by atoms with Gasteiger partial charge in [0.25, 0.3) is 5.91 Å². The second-order valence-corrected chi connectivity index (χ2v) is 7.93. The average molecular weight is 556 g/mol. The SMILES string of the molecule is COc1cc(C=NNC(=O)c2ccncc2)cc(I)c1OCc1c(Cl)cccc1Cl. The van der Waals surface area contributed by atoms with Gasteiger partial charge in [0.05, 0.1) is 16.9 Å². The molecule has 1 amide bonds. The van der Waals surface area contributed by atoms with Crippen molar-refractivity contribution in [2.75, 3.05) is 7.11 Å². The smallest absolute Gasteiger partial charge is 0.271 e. The first-order valence-corrected chi connectivity index (χ1v) is 10.5. The molecule has 9 heteroatoms. The Kier molecular flexibility index (Phi) is 7.89. The van der Waals surface area contributed by atoms with Gasteiger partial charge in [-0.25, -0.2) is 5.43 Å². The Balaban J connectivity index is 1.73. The van der Waals surface area contributed by atoms with Gasteiger partial charge in [0, 0.05) is 33.6 Å². The number of pyridine rings is 1. The second kappa shape index (κ2) is 10.6. The molecule has 0 spiro atoms. The van der Waals surface area contributed by atoms with E-state index >= 15 is 0 Å². The van der Waals surface area contributed by atoms with Gasteiger partial charge in [0.15, 0.2) is 11.5 Å². The zero-order chi connectivity index (χ0) is 21.5. The first-order chi connectivity index (χ1) is 14.5. The van der Waals surface area contributed by atoms with Crippen LogP contribution in [0.2, 0.25) is 10.0 Å². The van der Waals surface area contributed by atoms with Crippen LogP contribution in [0.4, 0.5) is 0 Å². The number of ether oxygens (including phenoxy) is 2. The summed E-state index contributed by atoms with van der Waals surface area (Å²) in [6, 6.07) is 12.1. The molecular weight excluding hydrogens is 540 g/mol. The van der Waals surface area contributed by atoms with E-state index in [4.69, 9.17) is 32.7 Å². The third-order valence-electron chi connectivity index (χ3n) is 4.00. The Morgan fingerprint density at radius 1 is 1.20 bits per heavy atom. The fourth-order valence-corrected chi connectivity index (χ4v) is 3.79. The molecule has 0 aliphatic heterocycles. The molecule has 1 aromatic heterocycles. The van der Waals surface area contributed by atoms with E-state index in [0.717, 1.165) is 9.13 Å². The number of hydrogen-bond acceptors (Lipinski definition) is 5. The van der Waals surface area contributed by atoms with E-state index in [1.54, 1.807) is 55.9 Å². The highest BCUT2D eigenvalue weighted by atomic mass is 127. The van der Waals surface area contributed by atoms with E-state index in [2.05, 4.69) is 38.1 Å². The quantitative estimate of drug-likeness (QED) is 0.242. The maximum atomic E-state index is 12.0. The monoisotopic (exact) mass is 555 g/mol. The molecule has 3 aromatic rings. The normalized spacial score (nSPS) is 10.8. The van der Waals surface area contributed by atoms with E-state index in [-0.39, 0.29) is 12.5 Å². The van der Waals surface area contributed by atoms with Gasteiger partial charge >= 0.3 is 0 Å². The molecule has 0 atom stereocenters. The number of benzene rings is 2. The van der Waals surface area contributed by atoms with Crippen molar-refractivity contribution in [1.82, 2.24) is 10.4 Å². The van der Waals surface area contributed by atoms with Crippen LogP contribution in [0.5, 0.6) is 11.5 Å². The zero-order valence-electron chi connectivity index (χ0n) is 15.7. The van der Waals surface area contributed by atoms with Crippen LogP contribution in [0.3, 0.4) is 0 Å². The summed E-state index contributed by atoms with van der Waals surface area (Å²) in [5.74, 6) is 0.755. The van der Waals surface area contributed by atoms with Gasteiger partial charge in [-0.05, 0) is 64.6 Å². The van der Waals surface area contributed by atoms with Crippen LogP contribution in [0.25, 0.3) is 0 Å². The summed E-state index contributed by atoms with van der Waals surface area (Å²) in [5.41, 5.74) is 4.37. The molecule has 1 N–H and O–H groups in total. The number of rotatable bonds is 7. The lowest BCUT2D eigenvalue weighted by atomic mass is 10.2. The predicted octanol–water partition coefficient (Wildman–Crippen LogP) is 5.34. The Labute approximate surface area is 197 Å². The topological polar surface area (TPSA) is 72.8 Å². The first kappa shape index (κ1) is 22.3. The first-order valence-electron chi connectivity index (χ1n) is 8.66. The molecule has 0 radical (unpaired) electrons. The van der Waals surface area contributed by atoms with Gasteiger partial charge in [-0.3, -0.25) is 9.78 Å². The number of carbonyl (C=O) groups is 1. The molecule has 0 fully saturated rings. The summed E-state index contributed by atoms with van der Waals surface area (Å²) in [6.07, 6.45) is 4.61. The lowest BCUT2D eigenvalue weighted by Gasteiger charge is -2.15. The second-order valence-electron chi connectivity index (χ2n) is 5.96. The van der Waals surface area contributed by atoms with Crippen LogP contribution in [-0.2, 0) is 6.61 Å². The number of hydrogen-bond donors (Lipinski definition) is 1.